The molecule has 1 aromatic carbocycles. The summed E-state index contributed by atoms with van der Waals surface area (Å²) in [5, 5.41) is 0. The van der Waals surface area contributed by atoms with Crippen LogP contribution in [0.5, 0.6) is 0 Å². The van der Waals surface area contributed by atoms with Gasteiger partial charge < -0.3 is 0 Å². The fourth-order valence-electron chi connectivity index (χ4n) is 3.43. The van der Waals surface area contributed by atoms with Crippen molar-refractivity contribution in [2.75, 3.05) is 0 Å². The molecule has 0 saturated heterocycles. The summed E-state index contributed by atoms with van der Waals surface area (Å²) in [6, 6.07) is 7.88. The summed E-state index contributed by atoms with van der Waals surface area (Å²) in [7, 11) is 1.66. The molecule has 3 aromatic heterocycles. The molecule has 0 unspecified atom stereocenters. The van der Waals surface area contributed by atoms with E-state index in [0.717, 1.165) is 28.7 Å². The van der Waals surface area contributed by atoms with Crippen molar-refractivity contribution in [3.8, 4) is 5.69 Å². The number of hydrogen-bond acceptors (Lipinski definition) is 3. The number of hydrogen-bond donors (Lipinski definition) is 0. The highest BCUT2D eigenvalue weighted by Gasteiger charge is 2.20. The molecule has 4 aromatic rings. The van der Waals surface area contributed by atoms with Crippen molar-refractivity contribution in [2.24, 2.45) is 7.05 Å². The van der Waals surface area contributed by atoms with Crippen LogP contribution in [0.4, 0.5) is 0 Å². The number of aryl methyl sites for hydroxylation is 2. The van der Waals surface area contributed by atoms with Crippen molar-refractivity contribution in [1.82, 2.24) is 23.1 Å². The standard InChI is InChI=1S/C19H20BrN5O2/c1-4-5-10-23-17(26)15-16(22(3)19(23)27)21-18-24(15)11-12(2)25(18)14-8-6-13(20)7-9-14/h6-9,11H,4-5,10H2,1-3H3. The smallest absolute Gasteiger partial charge is 0.283 e. The molecule has 0 spiro atoms. The maximum absolute atomic E-state index is 13.1. The van der Waals surface area contributed by atoms with E-state index in [0.29, 0.717) is 23.5 Å². The second-order valence-corrected chi connectivity index (χ2v) is 7.60. The zero-order chi connectivity index (χ0) is 19.3. The summed E-state index contributed by atoms with van der Waals surface area (Å²) in [5.41, 5.74) is 2.11. The summed E-state index contributed by atoms with van der Waals surface area (Å²) in [4.78, 5) is 30.3. The molecule has 0 fully saturated rings. The Labute approximate surface area is 163 Å². The van der Waals surface area contributed by atoms with Gasteiger partial charge >= 0.3 is 5.69 Å². The molecule has 0 bridgehead atoms. The Kier molecular flexibility index (Phi) is 4.30. The van der Waals surface area contributed by atoms with E-state index in [1.165, 1.54) is 9.13 Å². The van der Waals surface area contributed by atoms with Crippen LogP contribution in [-0.2, 0) is 13.6 Å². The molecule has 8 heteroatoms. The number of imidazole rings is 2. The minimum Gasteiger partial charge on any atom is -0.283 e. The van der Waals surface area contributed by atoms with E-state index in [2.05, 4.69) is 20.9 Å². The van der Waals surface area contributed by atoms with E-state index in [1.54, 1.807) is 11.4 Å². The van der Waals surface area contributed by atoms with Gasteiger partial charge in [0.1, 0.15) is 0 Å². The fraction of sp³-hybridized carbons (Fsp3) is 0.316. The van der Waals surface area contributed by atoms with E-state index in [4.69, 9.17) is 0 Å². The predicted octanol–water partition coefficient (Wildman–Crippen LogP) is 3.01. The Morgan fingerprint density at radius 3 is 2.52 bits per heavy atom. The normalized spacial score (nSPS) is 11.7. The molecule has 0 saturated carbocycles. The fourth-order valence-corrected chi connectivity index (χ4v) is 3.70. The Hall–Kier alpha value is -2.61. The van der Waals surface area contributed by atoms with Crippen molar-refractivity contribution < 1.29 is 0 Å². The number of nitrogens with zero attached hydrogens (tertiary/aromatic N) is 5. The zero-order valence-electron chi connectivity index (χ0n) is 15.4. The van der Waals surface area contributed by atoms with E-state index >= 15 is 0 Å². The maximum Gasteiger partial charge on any atom is 0.332 e. The third kappa shape index (κ3) is 2.66. The summed E-state index contributed by atoms with van der Waals surface area (Å²) < 4.78 is 7.53. The molecule has 4 rings (SSSR count). The lowest BCUT2D eigenvalue weighted by atomic mass is 10.3. The van der Waals surface area contributed by atoms with Gasteiger partial charge in [-0.25, -0.2) is 4.79 Å². The van der Waals surface area contributed by atoms with Gasteiger partial charge in [-0.3, -0.25) is 22.9 Å². The first-order valence-electron chi connectivity index (χ1n) is 8.90. The molecule has 3 heterocycles. The van der Waals surface area contributed by atoms with Gasteiger partial charge in [0.25, 0.3) is 5.56 Å². The van der Waals surface area contributed by atoms with Crippen molar-refractivity contribution in [3.63, 3.8) is 0 Å². The second-order valence-electron chi connectivity index (χ2n) is 6.69. The summed E-state index contributed by atoms with van der Waals surface area (Å²) in [6.45, 7) is 4.42. The van der Waals surface area contributed by atoms with Crippen LogP contribution in [0.2, 0.25) is 0 Å². The van der Waals surface area contributed by atoms with Gasteiger partial charge in [-0.05, 0) is 37.6 Å². The average molecular weight is 430 g/mol. The third-order valence-electron chi connectivity index (χ3n) is 4.85. The van der Waals surface area contributed by atoms with E-state index < -0.39 is 0 Å². The van der Waals surface area contributed by atoms with E-state index in [9.17, 15) is 9.59 Å². The monoisotopic (exact) mass is 429 g/mol. The van der Waals surface area contributed by atoms with E-state index in [-0.39, 0.29) is 11.2 Å². The second kappa shape index (κ2) is 6.53. The maximum atomic E-state index is 13.1. The Morgan fingerprint density at radius 1 is 1.15 bits per heavy atom. The molecule has 27 heavy (non-hydrogen) atoms. The van der Waals surface area contributed by atoms with Crippen molar-refractivity contribution >= 4 is 32.9 Å². The van der Waals surface area contributed by atoms with Gasteiger partial charge in [0.2, 0.25) is 5.78 Å². The lowest BCUT2D eigenvalue weighted by molar-refractivity contribution is 0.566. The topological polar surface area (TPSA) is 66.2 Å². The van der Waals surface area contributed by atoms with Crippen LogP contribution >= 0.6 is 15.9 Å². The largest absolute Gasteiger partial charge is 0.332 e. The van der Waals surface area contributed by atoms with Gasteiger partial charge in [-0.15, -0.1) is 0 Å². The number of fused-ring (bicyclic) bond motifs is 3. The number of rotatable bonds is 4. The van der Waals surface area contributed by atoms with Crippen LogP contribution in [-0.4, -0.2) is 23.1 Å². The SMILES string of the molecule is CCCCn1c(=O)c2c(nc3n(-c4ccc(Br)cc4)c(C)cn23)n(C)c1=O. The molecule has 0 atom stereocenters. The number of benzene rings is 1. The third-order valence-corrected chi connectivity index (χ3v) is 5.37. The highest BCUT2D eigenvalue weighted by Crippen LogP contribution is 2.22. The zero-order valence-corrected chi connectivity index (χ0v) is 17.0. The summed E-state index contributed by atoms with van der Waals surface area (Å²) in [5.74, 6) is 0.616. The first-order chi connectivity index (χ1) is 12.9. The van der Waals surface area contributed by atoms with Crippen molar-refractivity contribution in [1.29, 1.82) is 0 Å². The van der Waals surface area contributed by atoms with Gasteiger partial charge in [0.05, 0.1) is 0 Å². The number of halogens is 1. The first kappa shape index (κ1) is 17.8. The lowest BCUT2D eigenvalue weighted by Gasteiger charge is -2.07. The van der Waals surface area contributed by atoms with Crippen molar-refractivity contribution in [2.45, 2.75) is 33.2 Å². The minimum absolute atomic E-state index is 0.290. The molecule has 140 valence electrons. The van der Waals surface area contributed by atoms with E-state index in [1.807, 2.05) is 48.9 Å². The average Bonchev–Trinajstić information content (AvgIpc) is 3.15. The highest BCUT2D eigenvalue weighted by atomic mass is 79.9. The molecule has 0 amide bonds. The van der Waals surface area contributed by atoms with Gasteiger partial charge in [0, 0.05) is 35.6 Å². The van der Waals surface area contributed by atoms with Gasteiger partial charge in [-0.2, -0.15) is 4.98 Å². The molecule has 0 aliphatic rings. The van der Waals surface area contributed by atoms with Crippen LogP contribution in [0.25, 0.3) is 22.6 Å². The Bertz CT molecular complexity index is 1270. The minimum atomic E-state index is -0.325. The summed E-state index contributed by atoms with van der Waals surface area (Å²) >= 11 is 3.45. The van der Waals surface area contributed by atoms with Crippen molar-refractivity contribution in [3.05, 3.63) is 61.5 Å². The number of unbranched alkanes of at least 4 members (excludes halogenated alkanes) is 1. The van der Waals surface area contributed by atoms with Crippen LogP contribution in [0, 0.1) is 6.92 Å². The Balaban J connectivity index is 2.07. The van der Waals surface area contributed by atoms with Gasteiger partial charge in [-0.1, -0.05) is 29.3 Å². The Morgan fingerprint density at radius 2 is 1.85 bits per heavy atom. The first-order valence-corrected chi connectivity index (χ1v) is 9.69. The van der Waals surface area contributed by atoms with Crippen LogP contribution < -0.4 is 11.2 Å². The molecule has 0 N–H and O–H groups in total. The molecular formula is C19H20BrN5O2. The highest BCUT2D eigenvalue weighted by molar-refractivity contribution is 9.10. The molecular weight excluding hydrogens is 410 g/mol. The summed E-state index contributed by atoms with van der Waals surface area (Å²) in [6.07, 6.45) is 3.58. The van der Waals surface area contributed by atoms with Crippen LogP contribution in [0.15, 0.2) is 44.5 Å². The molecule has 0 aliphatic heterocycles. The predicted molar refractivity (Wildman–Crippen MR) is 109 cm³/mol. The van der Waals surface area contributed by atoms with Crippen LogP contribution in [0.3, 0.4) is 0 Å². The molecule has 7 nitrogen and oxygen atoms in total. The van der Waals surface area contributed by atoms with Gasteiger partial charge in [0.15, 0.2) is 11.2 Å². The van der Waals surface area contributed by atoms with Crippen LogP contribution in [0.1, 0.15) is 25.5 Å². The quantitative estimate of drug-likeness (QED) is 0.500. The molecule has 0 aliphatic carbocycles. The lowest BCUT2D eigenvalue weighted by Crippen LogP contribution is -2.39. The number of aromatic nitrogens is 5. The molecule has 0 radical (unpaired) electrons.